The normalized spacial score (nSPS) is 11.7. The Balaban J connectivity index is 1.27. The summed E-state index contributed by atoms with van der Waals surface area (Å²) in [6.45, 7) is 0. The SMILES string of the molecule is c1ccc2c(-c3ccc4cc(-c5ccc6ccc7ccc8ccccc8c7c6c5)ccc4c3)cccc2c1. The van der Waals surface area contributed by atoms with Crippen molar-refractivity contribution in [2.24, 2.45) is 0 Å². The Morgan fingerprint density at radius 2 is 0.763 bits per heavy atom. The Kier molecular flexibility index (Phi) is 4.62. The van der Waals surface area contributed by atoms with Gasteiger partial charge in [-0.05, 0) is 94.3 Å². The molecule has 0 radical (unpaired) electrons. The molecule has 0 aromatic heterocycles. The van der Waals surface area contributed by atoms with Crippen molar-refractivity contribution < 1.29 is 0 Å². The van der Waals surface area contributed by atoms with E-state index >= 15 is 0 Å². The smallest absolute Gasteiger partial charge is 0.00266 e. The van der Waals surface area contributed by atoms with Crippen LogP contribution >= 0.6 is 0 Å². The van der Waals surface area contributed by atoms with Gasteiger partial charge in [-0.1, -0.05) is 127 Å². The molecule has 0 bridgehead atoms. The van der Waals surface area contributed by atoms with Crippen LogP contribution in [0.3, 0.4) is 0 Å². The molecule has 0 nitrogen and oxygen atoms in total. The van der Waals surface area contributed by atoms with E-state index in [0.29, 0.717) is 0 Å². The molecule has 8 aromatic rings. The molecule has 0 aliphatic rings. The summed E-state index contributed by atoms with van der Waals surface area (Å²) >= 11 is 0. The lowest BCUT2D eigenvalue weighted by Gasteiger charge is -2.11. The minimum atomic E-state index is 1.24. The number of hydrogen-bond donors (Lipinski definition) is 0. The lowest BCUT2D eigenvalue weighted by Crippen LogP contribution is -1.85. The van der Waals surface area contributed by atoms with Gasteiger partial charge in [0.05, 0.1) is 0 Å². The van der Waals surface area contributed by atoms with Crippen molar-refractivity contribution in [1.29, 1.82) is 0 Å². The van der Waals surface area contributed by atoms with Gasteiger partial charge >= 0.3 is 0 Å². The van der Waals surface area contributed by atoms with Gasteiger partial charge in [-0.2, -0.15) is 0 Å². The standard InChI is InChI=1S/C38H24/c1-3-9-34-25(6-1)8-5-11-35(34)33-21-20-29-22-30(18-19-31(29)23-33)32-17-14-27-13-16-28-15-12-26-7-2-4-10-36(26)38(28)37(27)24-32/h1-24H. The molecule has 8 aromatic carbocycles. The van der Waals surface area contributed by atoms with E-state index in [1.54, 1.807) is 0 Å². The summed E-state index contributed by atoms with van der Waals surface area (Å²) in [5.41, 5.74) is 5.03. The predicted molar refractivity (Wildman–Crippen MR) is 165 cm³/mol. The van der Waals surface area contributed by atoms with Crippen molar-refractivity contribution in [3.63, 3.8) is 0 Å². The lowest BCUT2D eigenvalue weighted by molar-refractivity contribution is 1.66. The van der Waals surface area contributed by atoms with Gasteiger partial charge < -0.3 is 0 Å². The van der Waals surface area contributed by atoms with E-state index in [9.17, 15) is 0 Å². The molecule has 0 unspecified atom stereocenters. The zero-order chi connectivity index (χ0) is 25.1. The molecule has 0 aliphatic heterocycles. The van der Waals surface area contributed by atoms with Crippen LogP contribution in [0.15, 0.2) is 146 Å². The van der Waals surface area contributed by atoms with E-state index in [0.717, 1.165) is 0 Å². The molecule has 0 spiro atoms. The summed E-state index contributed by atoms with van der Waals surface area (Å²) in [6, 6.07) is 53.4. The van der Waals surface area contributed by atoms with Gasteiger partial charge in [0.2, 0.25) is 0 Å². The van der Waals surface area contributed by atoms with Crippen LogP contribution in [-0.4, -0.2) is 0 Å². The van der Waals surface area contributed by atoms with Crippen LogP contribution in [0.25, 0.3) is 76.1 Å². The molecule has 0 N–H and O–H groups in total. The van der Waals surface area contributed by atoms with Crippen molar-refractivity contribution in [3.05, 3.63) is 146 Å². The summed E-state index contributed by atoms with van der Waals surface area (Å²) in [7, 11) is 0. The Morgan fingerprint density at radius 1 is 0.263 bits per heavy atom. The Bertz CT molecular complexity index is 2170. The predicted octanol–water partition coefficient (Wildman–Crippen LogP) is 10.8. The minimum absolute atomic E-state index is 1.24. The Morgan fingerprint density at radius 3 is 1.55 bits per heavy atom. The molecule has 0 heteroatoms. The van der Waals surface area contributed by atoms with Crippen molar-refractivity contribution in [2.45, 2.75) is 0 Å². The monoisotopic (exact) mass is 480 g/mol. The van der Waals surface area contributed by atoms with Gasteiger partial charge in [0.15, 0.2) is 0 Å². The van der Waals surface area contributed by atoms with Crippen LogP contribution in [-0.2, 0) is 0 Å². The second kappa shape index (κ2) is 8.30. The molecule has 0 atom stereocenters. The fourth-order valence-corrected chi connectivity index (χ4v) is 6.08. The lowest BCUT2D eigenvalue weighted by atomic mass is 9.92. The zero-order valence-electron chi connectivity index (χ0n) is 20.9. The molecular formula is C38H24. The molecule has 0 fully saturated rings. The molecular weight excluding hydrogens is 456 g/mol. The summed E-state index contributed by atoms with van der Waals surface area (Å²) in [5.74, 6) is 0. The highest BCUT2D eigenvalue weighted by Gasteiger charge is 2.09. The summed E-state index contributed by atoms with van der Waals surface area (Å²) < 4.78 is 0. The molecule has 176 valence electrons. The first-order valence-corrected chi connectivity index (χ1v) is 13.2. The second-order valence-corrected chi connectivity index (χ2v) is 10.2. The van der Waals surface area contributed by atoms with Gasteiger partial charge in [0.25, 0.3) is 0 Å². The summed E-state index contributed by atoms with van der Waals surface area (Å²) in [5, 5.41) is 12.9. The number of fused-ring (bicyclic) bond motifs is 7. The van der Waals surface area contributed by atoms with Gasteiger partial charge in [-0.3, -0.25) is 0 Å². The third-order valence-electron chi connectivity index (χ3n) is 8.00. The van der Waals surface area contributed by atoms with E-state index in [2.05, 4.69) is 146 Å². The Labute approximate surface area is 221 Å². The molecule has 0 heterocycles. The molecule has 38 heavy (non-hydrogen) atoms. The van der Waals surface area contributed by atoms with Crippen molar-refractivity contribution >= 4 is 53.9 Å². The maximum absolute atomic E-state index is 2.37. The van der Waals surface area contributed by atoms with Crippen molar-refractivity contribution in [1.82, 2.24) is 0 Å². The topological polar surface area (TPSA) is 0 Å². The molecule has 0 saturated heterocycles. The highest BCUT2D eigenvalue weighted by molar-refractivity contribution is 6.20. The van der Waals surface area contributed by atoms with Crippen molar-refractivity contribution in [2.75, 3.05) is 0 Å². The third-order valence-corrected chi connectivity index (χ3v) is 8.00. The summed E-state index contributed by atoms with van der Waals surface area (Å²) in [6.07, 6.45) is 0. The number of benzene rings is 8. The Hall–Kier alpha value is -4.94. The van der Waals surface area contributed by atoms with E-state index in [-0.39, 0.29) is 0 Å². The first kappa shape index (κ1) is 21.2. The van der Waals surface area contributed by atoms with Gasteiger partial charge in [0.1, 0.15) is 0 Å². The molecule has 0 amide bonds. The van der Waals surface area contributed by atoms with Crippen LogP contribution in [0, 0.1) is 0 Å². The van der Waals surface area contributed by atoms with Gasteiger partial charge in [0, 0.05) is 0 Å². The number of rotatable bonds is 2. The van der Waals surface area contributed by atoms with Crippen LogP contribution in [0.4, 0.5) is 0 Å². The summed E-state index contributed by atoms with van der Waals surface area (Å²) in [4.78, 5) is 0. The quantitative estimate of drug-likeness (QED) is 0.216. The zero-order valence-corrected chi connectivity index (χ0v) is 20.9. The second-order valence-electron chi connectivity index (χ2n) is 10.2. The van der Waals surface area contributed by atoms with Gasteiger partial charge in [-0.15, -0.1) is 0 Å². The average molecular weight is 481 g/mol. The maximum Gasteiger partial charge on any atom is -0.00266 e. The maximum atomic E-state index is 2.37. The highest BCUT2D eigenvalue weighted by Crippen LogP contribution is 2.36. The van der Waals surface area contributed by atoms with E-state index < -0.39 is 0 Å². The van der Waals surface area contributed by atoms with Crippen LogP contribution in [0.1, 0.15) is 0 Å². The molecule has 0 aliphatic carbocycles. The van der Waals surface area contributed by atoms with E-state index in [1.165, 1.54) is 76.1 Å². The molecule has 0 saturated carbocycles. The average Bonchev–Trinajstić information content (AvgIpc) is 2.99. The fourth-order valence-electron chi connectivity index (χ4n) is 6.08. The largest absolute Gasteiger partial charge is 0.0616 e. The van der Waals surface area contributed by atoms with Crippen LogP contribution < -0.4 is 0 Å². The minimum Gasteiger partial charge on any atom is -0.0616 e. The third kappa shape index (κ3) is 3.31. The van der Waals surface area contributed by atoms with E-state index in [4.69, 9.17) is 0 Å². The van der Waals surface area contributed by atoms with Crippen molar-refractivity contribution in [3.8, 4) is 22.3 Å². The van der Waals surface area contributed by atoms with Crippen LogP contribution in [0.5, 0.6) is 0 Å². The van der Waals surface area contributed by atoms with Crippen LogP contribution in [0.2, 0.25) is 0 Å². The highest BCUT2D eigenvalue weighted by atomic mass is 14.1. The first-order valence-electron chi connectivity index (χ1n) is 13.2. The number of hydrogen-bond acceptors (Lipinski definition) is 0. The van der Waals surface area contributed by atoms with E-state index in [1.807, 2.05) is 0 Å². The molecule has 8 rings (SSSR count). The van der Waals surface area contributed by atoms with Gasteiger partial charge in [-0.25, -0.2) is 0 Å². The fraction of sp³-hybridized carbons (Fsp3) is 0. The first-order chi connectivity index (χ1) is 18.8.